The number of aryl methyl sites for hydroxylation is 1. The Morgan fingerprint density at radius 3 is 2.50 bits per heavy atom. The monoisotopic (exact) mass is 445 g/mol. The number of benzene rings is 2. The number of thiophene rings is 1. The number of carbonyl (C=O) groups is 2. The van der Waals surface area contributed by atoms with Crippen molar-refractivity contribution in [3.63, 3.8) is 0 Å². The SMILES string of the molecule is COC(=O)c1c(NS(=O)(=O)c2ccc3ccccc3c2)sc2c1C(C(=O)OC)CC2. The van der Waals surface area contributed by atoms with Gasteiger partial charge in [0.05, 0.1) is 30.6 Å². The summed E-state index contributed by atoms with van der Waals surface area (Å²) in [7, 11) is -1.46. The molecule has 0 spiro atoms. The second kappa shape index (κ2) is 7.73. The van der Waals surface area contributed by atoms with Gasteiger partial charge in [0.2, 0.25) is 0 Å². The number of sulfonamides is 1. The fourth-order valence-electron chi connectivity index (χ4n) is 3.74. The van der Waals surface area contributed by atoms with Crippen molar-refractivity contribution in [2.75, 3.05) is 18.9 Å². The molecule has 1 unspecified atom stereocenters. The molecule has 156 valence electrons. The van der Waals surface area contributed by atoms with Crippen molar-refractivity contribution in [1.82, 2.24) is 0 Å². The van der Waals surface area contributed by atoms with Crippen molar-refractivity contribution in [3.8, 4) is 0 Å². The Bertz CT molecular complexity index is 1260. The van der Waals surface area contributed by atoms with E-state index < -0.39 is 27.9 Å². The molecule has 0 bridgehead atoms. The summed E-state index contributed by atoms with van der Waals surface area (Å²) in [6.45, 7) is 0. The number of methoxy groups -OCH3 is 2. The third-order valence-corrected chi connectivity index (χ3v) is 7.82. The quantitative estimate of drug-likeness (QED) is 0.602. The molecule has 0 aliphatic heterocycles. The van der Waals surface area contributed by atoms with Crippen molar-refractivity contribution in [3.05, 3.63) is 58.5 Å². The van der Waals surface area contributed by atoms with Crippen LogP contribution < -0.4 is 4.72 Å². The molecule has 0 radical (unpaired) electrons. The van der Waals surface area contributed by atoms with Crippen LogP contribution in [0.15, 0.2) is 47.4 Å². The zero-order chi connectivity index (χ0) is 21.5. The molecular formula is C21H19NO6S2. The number of hydrogen-bond acceptors (Lipinski definition) is 7. The first kappa shape index (κ1) is 20.4. The summed E-state index contributed by atoms with van der Waals surface area (Å²) in [6.07, 6.45) is 1.07. The number of fused-ring (bicyclic) bond motifs is 2. The van der Waals surface area contributed by atoms with Gasteiger partial charge in [0.25, 0.3) is 10.0 Å². The first-order valence-corrected chi connectivity index (χ1v) is 11.5. The van der Waals surface area contributed by atoms with E-state index in [9.17, 15) is 18.0 Å². The fraction of sp³-hybridized carbons (Fsp3) is 0.238. The van der Waals surface area contributed by atoms with E-state index in [-0.39, 0.29) is 15.5 Å². The topological polar surface area (TPSA) is 98.8 Å². The number of hydrogen-bond donors (Lipinski definition) is 1. The van der Waals surface area contributed by atoms with E-state index in [1.807, 2.05) is 24.3 Å². The van der Waals surface area contributed by atoms with Crippen LogP contribution in [-0.2, 0) is 30.7 Å². The fourth-order valence-corrected chi connectivity index (χ4v) is 6.34. The first-order chi connectivity index (χ1) is 14.4. The van der Waals surface area contributed by atoms with Gasteiger partial charge in [-0.25, -0.2) is 13.2 Å². The van der Waals surface area contributed by atoms with E-state index in [2.05, 4.69) is 4.72 Å². The molecule has 1 heterocycles. The number of rotatable bonds is 5. The molecule has 30 heavy (non-hydrogen) atoms. The van der Waals surface area contributed by atoms with Crippen LogP contribution in [-0.4, -0.2) is 34.6 Å². The molecule has 4 rings (SSSR count). The number of esters is 2. The van der Waals surface area contributed by atoms with Gasteiger partial charge in [-0.1, -0.05) is 30.3 Å². The van der Waals surface area contributed by atoms with E-state index in [1.54, 1.807) is 12.1 Å². The summed E-state index contributed by atoms with van der Waals surface area (Å²) in [6, 6.07) is 12.3. The van der Waals surface area contributed by atoms with Gasteiger partial charge in [-0.3, -0.25) is 9.52 Å². The second-order valence-electron chi connectivity index (χ2n) is 6.86. The van der Waals surface area contributed by atoms with Crippen LogP contribution in [0.5, 0.6) is 0 Å². The molecule has 1 aliphatic rings. The van der Waals surface area contributed by atoms with Gasteiger partial charge >= 0.3 is 11.9 Å². The van der Waals surface area contributed by atoms with Gasteiger partial charge in [-0.05, 0) is 41.3 Å². The Labute approximate surface area is 177 Å². The number of ether oxygens (including phenoxy) is 2. The smallest absolute Gasteiger partial charge is 0.341 e. The lowest BCUT2D eigenvalue weighted by Gasteiger charge is -2.12. The Balaban J connectivity index is 1.77. The highest BCUT2D eigenvalue weighted by molar-refractivity contribution is 7.93. The maximum Gasteiger partial charge on any atom is 0.341 e. The molecule has 0 amide bonds. The third kappa shape index (κ3) is 3.44. The van der Waals surface area contributed by atoms with Crippen molar-refractivity contribution in [2.45, 2.75) is 23.7 Å². The molecule has 0 saturated heterocycles. The van der Waals surface area contributed by atoms with Gasteiger partial charge in [0.15, 0.2) is 0 Å². The normalized spacial score (nSPS) is 15.6. The van der Waals surface area contributed by atoms with E-state index >= 15 is 0 Å². The average Bonchev–Trinajstić information content (AvgIpc) is 3.30. The summed E-state index contributed by atoms with van der Waals surface area (Å²) in [5, 5.41) is 1.85. The summed E-state index contributed by atoms with van der Waals surface area (Å²) in [4.78, 5) is 25.5. The van der Waals surface area contributed by atoms with Crippen LogP contribution in [0.25, 0.3) is 10.8 Å². The lowest BCUT2D eigenvalue weighted by molar-refractivity contribution is -0.142. The van der Waals surface area contributed by atoms with E-state index in [0.717, 1.165) is 27.0 Å². The molecule has 0 fully saturated rings. The molecule has 1 atom stereocenters. The van der Waals surface area contributed by atoms with Crippen molar-refractivity contribution in [2.24, 2.45) is 0 Å². The maximum atomic E-state index is 13.1. The Morgan fingerprint density at radius 1 is 1.07 bits per heavy atom. The van der Waals surface area contributed by atoms with Crippen LogP contribution in [0.1, 0.15) is 33.1 Å². The minimum atomic E-state index is -3.96. The maximum absolute atomic E-state index is 13.1. The summed E-state index contributed by atoms with van der Waals surface area (Å²) in [5.74, 6) is -1.77. The molecule has 9 heteroatoms. The second-order valence-corrected chi connectivity index (χ2v) is 9.65. The summed E-state index contributed by atoms with van der Waals surface area (Å²) in [5.41, 5.74) is 0.574. The molecular weight excluding hydrogens is 426 g/mol. The predicted octanol–water partition coefficient (Wildman–Crippen LogP) is 3.69. The molecule has 7 nitrogen and oxygen atoms in total. The number of nitrogens with one attached hydrogen (secondary N) is 1. The summed E-state index contributed by atoms with van der Waals surface area (Å²) >= 11 is 1.15. The van der Waals surface area contributed by atoms with Crippen LogP contribution in [0, 0.1) is 0 Å². The highest BCUT2D eigenvalue weighted by Crippen LogP contribution is 2.46. The molecule has 2 aromatic carbocycles. The van der Waals surface area contributed by atoms with Crippen molar-refractivity contribution >= 4 is 49.1 Å². The van der Waals surface area contributed by atoms with Crippen LogP contribution >= 0.6 is 11.3 Å². The van der Waals surface area contributed by atoms with Gasteiger partial charge in [-0.2, -0.15) is 0 Å². The Hall–Kier alpha value is -2.91. The Kier molecular flexibility index (Phi) is 5.25. The summed E-state index contributed by atoms with van der Waals surface area (Å²) < 4.78 is 38.4. The van der Waals surface area contributed by atoms with Gasteiger partial charge in [0.1, 0.15) is 5.00 Å². The van der Waals surface area contributed by atoms with E-state index in [0.29, 0.717) is 18.4 Å². The van der Waals surface area contributed by atoms with Gasteiger partial charge in [-0.15, -0.1) is 11.3 Å². The lowest BCUT2D eigenvalue weighted by atomic mass is 9.99. The molecule has 1 aliphatic carbocycles. The molecule has 3 aromatic rings. The minimum absolute atomic E-state index is 0.0785. The van der Waals surface area contributed by atoms with Gasteiger partial charge in [0, 0.05) is 4.88 Å². The Morgan fingerprint density at radius 2 is 1.80 bits per heavy atom. The average molecular weight is 446 g/mol. The largest absolute Gasteiger partial charge is 0.469 e. The molecule has 0 saturated carbocycles. The number of anilines is 1. The predicted molar refractivity (Wildman–Crippen MR) is 113 cm³/mol. The third-order valence-electron chi connectivity index (χ3n) is 5.16. The van der Waals surface area contributed by atoms with Crippen LogP contribution in [0.4, 0.5) is 5.00 Å². The standard InChI is InChI=1S/C21H19NO6S2/c1-27-20(23)15-9-10-16-17(15)18(21(24)28-2)19(29-16)22-30(25,26)14-8-7-12-5-3-4-6-13(12)11-14/h3-8,11,15,22H,9-10H2,1-2H3. The highest BCUT2D eigenvalue weighted by atomic mass is 32.2. The highest BCUT2D eigenvalue weighted by Gasteiger charge is 2.39. The molecule has 1 N–H and O–H groups in total. The van der Waals surface area contributed by atoms with E-state index in [4.69, 9.17) is 9.47 Å². The molecule has 1 aromatic heterocycles. The lowest BCUT2D eigenvalue weighted by Crippen LogP contribution is -2.18. The van der Waals surface area contributed by atoms with E-state index in [1.165, 1.54) is 20.3 Å². The van der Waals surface area contributed by atoms with Gasteiger partial charge < -0.3 is 9.47 Å². The minimum Gasteiger partial charge on any atom is -0.469 e. The number of carbonyl (C=O) groups excluding carboxylic acids is 2. The zero-order valence-electron chi connectivity index (χ0n) is 16.3. The van der Waals surface area contributed by atoms with Crippen molar-refractivity contribution in [1.29, 1.82) is 0 Å². The van der Waals surface area contributed by atoms with Crippen molar-refractivity contribution < 1.29 is 27.5 Å². The first-order valence-electron chi connectivity index (χ1n) is 9.19. The zero-order valence-corrected chi connectivity index (χ0v) is 17.9. The van der Waals surface area contributed by atoms with Crippen LogP contribution in [0.2, 0.25) is 0 Å². The van der Waals surface area contributed by atoms with Crippen LogP contribution in [0.3, 0.4) is 0 Å².